The zero-order valence-corrected chi connectivity index (χ0v) is 13.6. The van der Waals surface area contributed by atoms with Gasteiger partial charge in [0.25, 0.3) is 0 Å². The molecule has 2 aromatic rings. The van der Waals surface area contributed by atoms with Crippen LogP contribution in [0.1, 0.15) is 40.7 Å². The summed E-state index contributed by atoms with van der Waals surface area (Å²) in [6.45, 7) is 3.10. The van der Waals surface area contributed by atoms with Gasteiger partial charge in [-0.25, -0.2) is 0 Å². The molecule has 0 atom stereocenters. The predicted molar refractivity (Wildman–Crippen MR) is 92.0 cm³/mol. The second-order valence-corrected chi connectivity index (χ2v) is 6.06. The number of ketones is 1. The number of methoxy groups -OCH3 is 1. The molecular weight excluding hydrogens is 286 g/mol. The smallest absolute Gasteiger partial charge is 0.193 e. The summed E-state index contributed by atoms with van der Waals surface area (Å²) in [5, 5.41) is 0. The molecule has 1 aliphatic rings. The second-order valence-electron chi connectivity index (χ2n) is 6.06. The topological polar surface area (TPSA) is 29.5 Å². The van der Waals surface area contributed by atoms with Gasteiger partial charge in [0.2, 0.25) is 0 Å². The Kier molecular flexibility index (Phi) is 5.09. The van der Waals surface area contributed by atoms with Gasteiger partial charge in [-0.15, -0.1) is 0 Å². The molecule has 3 nitrogen and oxygen atoms in total. The number of hydrogen-bond acceptors (Lipinski definition) is 3. The summed E-state index contributed by atoms with van der Waals surface area (Å²) in [4.78, 5) is 15.1. The highest BCUT2D eigenvalue weighted by atomic mass is 16.5. The molecule has 0 saturated carbocycles. The zero-order chi connectivity index (χ0) is 16.1. The monoisotopic (exact) mass is 309 g/mol. The lowest BCUT2D eigenvalue weighted by atomic mass is 10.00. The molecule has 0 bridgehead atoms. The predicted octanol–water partition coefficient (Wildman–Crippen LogP) is 3.91. The Labute approximate surface area is 137 Å². The van der Waals surface area contributed by atoms with Gasteiger partial charge in [-0.2, -0.15) is 0 Å². The molecule has 0 N–H and O–H groups in total. The van der Waals surface area contributed by atoms with Crippen molar-refractivity contribution in [2.45, 2.75) is 25.8 Å². The third-order valence-corrected chi connectivity index (χ3v) is 4.42. The molecule has 0 unspecified atom stereocenters. The molecule has 1 heterocycles. The number of likely N-dealkylation sites (tertiary alicyclic amines) is 1. The standard InChI is InChI=1S/C20H23NO2/c1-23-19-11-10-17(20(22)16-8-4-2-5-9-16)14-18(19)15-21-12-6-3-7-13-21/h2,4-5,8-11,14H,3,6-7,12-13,15H2,1H3. The molecule has 0 radical (unpaired) electrons. The minimum Gasteiger partial charge on any atom is -0.496 e. The highest BCUT2D eigenvalue weighted by Crippen LogP contribution is 2.24. The summed E-state index contributed by atoms with van der Waals surface area (Å²) in [5.41, 5.74) is 2.54. The number of benzene rings is 2. The molecule has 1 aliphatic heterocycles. The summed E-state index contributed by atoms with van der Waals surface area (Å²) >= 11 is 0. The number of nitrogens with zero attached hydrogens (tertiary/aromatic N) is 1. The van der Waals surface area contributed by atoms with E-state index in [2.05, 4.69) is 4.90 Å². The fourth-order valence-corrected chi connectivity index (χ4v) is 3.16. The molecule has 23 heavy (non-hydrogen) atoms. The van der Waals surface area contributed by atoms with Gasteiger partial charge in [0.05, 0.1) is 7.11 Å². The van der Waals surface area contributed by atoms with Crippen molar-refractivity contribution in [3.8, 4) is 5.75 Å². The first-order chi connectivity index (χ1) is 11.3. The third kappa shape index (κ3) is 3.80. The van der Waals surface area contributed by atoms with Crippen LogP contribution in [0.2, 0.25) is 0 Å². The normalized spacial score (nSPS) is 15.3. The first-order valence-corrected chi connectivity index (χ1v) is 8.27. The first-order valence-electron chi connectivity index (χ1n) is 8.27. The van der Waals surface area contributed by atoms with Gasteiger partial charge in [-0.05, 0) is 44.1 Å². The lowest BCUT2D eigenvalue weighted by Gasteiger charge is -2.27. The van der Waals surface area contributed by atoms with E-state index < -0.39 is 0 Å². The molecule has 2 aromatic carbocycles. The molecule has 3 rings (SSSR count). The maximum atomic E-state index is 12.6. The van der Waals surface area contributed by atoms with E-state index in [1.807, 2.05) is 48.5 Å². The van der Waals surface area contributed by atoms with Crippen LogP contribution in [0.25, 0.3) is 0 Å². The number of carbonyl (C=O) groups excluding carboxylic acids is 1. The summed E-state index contributed by atoms with van der Waals surface area (Å²) in [6.07, 6.45) is 3.83. The van der Waals surface area contributed by atoms with Crippen LogP contribution in [-0.4, -0.2) is 30.9 Å². The first kappa shape index (κ1) is 15.8. The third-order valence-electron chi connectivity index (χ3n) is 4.42. The number of rotatable bonds is 5. The summed E-state index contributed by atoms with van der Waals surface area (Å²) < 4.78 is 5.49. The average Bonchev–Trinajstić information content (AvgIpc) is 2.62. The van der Waals surface area contributed by atoms with Crippen LogP contribution in [0.15, 0.2) is 48.5 Å². The molecule has 120 valence electrons. The van der Waals surface area contributed by atoms with Crippen molar-refractivity contribution in [1.82, 2.24) is 4.90 Å². The van der Waals surface area contributed by atoms with Crippen LogP contribution in [-0.2, 0) is 6.54 Å². The minimum atomic E-state index is 0.0631. The number of piperidine rings is 1. The molecule has 1 saturated heterocycles. The maximum absolute atomic E-state index is 12.6. The van der Waals surface area contributed by atoms with Crippen LogP contribution in [0.4, 0.5) is 0 Å². The Hall–Kier alpha value is -2.13. The van der Waals surface area contributed by atoms with Crippen LogP contribution < -0.4 is 4.74 Å². The van der Waals surface area contributed by atoms with Crippen molar-refractivity contribution < 1.29 is 9.53 Å². The van der Waals surface area contributed by atoms with Gasteiger partial charge in [0.15, 0.2) is 5.78 Å². The van der Waals surface area contributed by atoms with Crippen LogP contribution in [0, 0.1) is 0 Å². The van der Waals surface area contributed by atoms with Gasteiger partial charge in [-0.3, -0.25) is 9.69 Å². The van der Waals surface area contributed by atoms with E-state index in [1.165, 1.54) is 19.3 Å². The molecule has 0 aliphatic carbocycles. The van der Waals surface area contributed by atoms with Gasteiger partial charge >= 0.3 is 0 Å². The van der Waals surface area contributed by atoms with Crippen molar-refractivity contribution in [3.05, 3.63) is 65.2 Å². The minimum absolute atomic E-state index is 0.0631. The van der Waals surface area contributed by atoms with Gasteiger partial charge in [0.1, 0.15) is 5.75 Å². The molecule has 0 aromatic heterocycles. The van der Waals surface area contributed by atoms with Gasteiger partial charge < -0.3 is 4.74 Å². The van der Waals surface area contributed by atoms with Crippen molar-refractivity contribution in [3.63, 3.8) is 0 Å². The van der Waals surface area contributed by atoms with Crippen LogP contribution in [0.3, 0.4) is 0 Å². The van der Waals surface area contributed by atoms with E-state index in [0.29, 0.717) is 0 Å². The SMILES string of the molecule is COc1ccc(C(=O)c2ccccc2)cc1CN1CCCCC1. The largest absolute Gasteiger partial charge is 0.496 e. The lowest BCUT2D eigenvalue weighted by Crippen LogP contribution is -2.29. The summed E-state index contributed by atoms with van der Waals surface area (Å²) in [6, 6.07) is 15.2. The molecule has 3 heteroatoms. The lowest BCUT2D eigenvalue weighted by molar-refractivity contribution is 0.103. The molecule has 0 amide bonds. The number of ether oxygens (including phenoxy) is 1. The Morgan fingerprint density at radius 2 is 1.74 bits per heavy atom. The maximum Gasteiger partial charge on any atom is 0.193 e. The van der Waals surface area contributed by atoms with E-state index >= 15 is 0 Å². The van der Waals surface area contributed by atoms with E-state index in [4.69, 9.17) is 4.74 Å². The Morgan fingerprint density at radius 1 is 1.00 bits per heavy atom. The fraction of sp³-hybridized carbons (Fsp3) is 0.350. The molecular formula is C20H23NO2. The molecule has 1 fully saturated rings. The van der Waals surface area contributed by atoms with Crippen LogP contribution in [0.5, 0.6) is 5.75 Å². The van der Waals surface area contributed by atoms with E-state index in [1.54, 1.807) is 7.11 Å². The Balaban J connectivity index is 1.84. The second kappa shape index (κ2) is 7.42. The highest BCUT2D eigenvalue weighted by molar-refractivity contribution is 6.09. The van der Waals surface area contributed by atoms with Crippen molar-refractivity contribution in [2.24, 2.45) is 0 Å². The zero-order valence-electron chi connectivity index (χ0n) is 13.6. The van der Waals surface area contributed by atoms with Gasteiger partial charge in [-0.1, -0.05) is 36.8 Å². The summed E-state index contributed by atoms with van der Waals surface area (Å²) in [5.74, 6) is 0.924. The average molecular weight is 309 g/mol. The fourth-order valence-electron chi connectivity index (χ4n) is 3.16. The molecule has 0 spiro atoms. The van der Waals surface area contributed by atoms with E-state index in [9.17, 15) is 4.79 Å². The number of hydrogen-bond donors (Lipinski definition) is 0. The van der Waals surface area contributed by atoms with Gasteiger partial charge in [0, 0.05) is 23.2 Å². The Morgan fingerprint density at radius 3 is 2.43 bits per heavy atom. The summed E-state index contributed by atoms with van der Waals surface area (Å²) in [7, 11) is 1.69. The van der Waals surface area contributed by atoms with E-state index in [-0.39, 0.29) is 5.78 Å². The Bertz CT molecular complexity index is 661. The quantitative estimate of drug-likeness (QED) is 0.784. The van der Waals surface area contributed by atoms with Crippen molar-refractivity contribution >= 4 is 5.78 Å². The van der Waals surface area contributed by atoms with E-state index in [0.717, 1.165) is 42.1 Å². The van der Waals surface area contributed by atoms with Crippen molar-refractivity contribution in [1.29, 1.82) is 0 Å². The van der Waals surface area contributed by atoms with Crippen molar-refractivity contribution in [2.75, 3.05) is 20.2 Å². The number of carbonyl (C=O) groups is 1. The van der Waals surface area contributed by atoms with Crippen LogP contribution >= 0.6 is 0 Å². The highest BCUT2D eigenvalue weighted by Gasteiger charge is 2.16.